The van der Waals surface area contributed by atoms with E-state index in [0.717, 1.165) is 5.69 Å². The minimum Gasteiger partial charge on any atom is -0.382 e. The molecule has 2 N–H and O–H groups in total. The zero-order valence-electron chi connectivity index (χ0n) is 10.9. The first-order chi connectivity index (χ1) is 8.79. The number of anilines is 1. The lowest BCUT2D eigenvalue weighted by molar-refractivity contribution is 0.0951. The van der Waals surface area contributed by atoms with Crippen molar-refractivity contribution >= 4 is 11.6 Å². The topological polar surface area (TPSA) is 54.0 Å². The lowest BCUT2D eigenvalue weighted by atomic mass is 9.95. The van der Waals surface area contributed by atoms with Gasteiger partial charge >= 0.3 is 0 Å². The van der Waals surface area contributed by atoms with Gasteiger partial charge in [0.05, 0.1) is 0 Å². The molecule has 0 radical (unpaired) electrons. The van der Waals surface area contributed by atoms with Crippen molar-refractivity contribution in [1.29, 1.82) is 0 Å². The van der Waals surface area contributed by atoms with Crippen LogP contribution in [0.1, 0.15) is 49.5 Å². The van der Waals surface area contributed by atoms with Gasteiger partial charge in [0, 0.05) is 24.5 Å². The van der Waals surface area contributed by atoms with Crippen LogP contribution >= 0.6 is 0 Å². The maximum atomic E-state index is 11.7. The highest BCUT2D eigenvalue weighted by molar-refractivity contribution is 5.93. The molecule has 1 fully saturated rings. The zero-order chi connectivity index (χ0) is 12.8. The van der Waals surface area contributed by atoms with Crippen molar-refractivity contribution < 1.29 is 4.79 Å². The summed E-state index contributed by atoms with van der Waals surface area (Å²) < 4.78 is 0. The molecule has 1 aromatic heterocycles. The van der Waals surface area contributed by atoms with Crippen LogP contribution in [0, 0.1) is 0 Å². The monoisotopic (exact) mass is 247 g/mol. The predicted molar refractivity (Wildman–Crippen MR) is 72.7 cm³/mol. The zero-order valence-corrected chi connectivity index (χ0v) is 10.9. The minimum atomic E-state index is -0.107. The molecule has 1 aliphatic carbocycles. The molecule has 1 aliphatic rings. The molecule has 4 heteroatoms. The molecule has 1 amide bonds. The van der Waals surface area contributed by atoms with E-state index in [4.69, 9.17) is 0 Å². The third-order valence-electron chi connectivity index (χ3n) is 3.31. The molecule has 1 saturated carbocycles. The fourth-order valence-electron chi connectivity index (χ4n) is 2.38. The summed E-state index contributed by atoms with van der Waals surface area (Å²) in [6.45, 7) is 2.53. The number of amides is 1. The Labute approximate surface area is 108 Å². The van der Waals surface area contributed by atoms with Crippen molar-refractivity contribution in [2.75, 3.05) is 11.9 Å². The summed E-state index contributed by atoms with van der Waals surface area (Å²) in [6, 6.07) is 4.31. The second-order valence-electron chi connectivity index (χ2n) is 4.77. The molecule has 98 valence electrons. The molecule has 0 saturated heterocycles. The van der Waals surface area contributed by atoms with Crippen LogP contribution in [0.25, 0.3) is 0 Å². The molecule has 0 aromatic carbocycles. The lowest BCUT2D eigenvalue weighted by Crippen LogP contribution is -2.25. The molecule has 0 bridgehead atoms. The molecular formula is C14H21N3O. The van der Waals surface area contributed by atoms with Crippen LogP contribution in [0.15, 0.2) is 18.3 Å². The fraction of sp³-hybridized carbons (Fsp3) is 0.571. The third-order valence-corrected chi connectivity index (χ3v) is 3.31. The number of carbonyl (C=O) groups is 1. The van der Waals surface area contributed by atoms with Gasteiger partial charge in [0.15, 0.2) is 0 Å². The van der Waals surface area contributed by atoms with Gasteiger partial charge in [-0.3, -0.25) is 9.78 Å². The molecule has 1 aromatic rings. The second-order valence-corrected chi connectivity index (χ2v) is 4.77. The van der Waals surface area contributed by atoms with Crippen molar-refractivity contribution in [2.45, 2.75) is 45.1 Å². The molecule has 0 atom stereocenters. The summed E-state index contributed by atoms with van der Waals surface area (Å²) in [4.78, 5) is 15.8. The first-order valence-corrected chi connectivity index (χ1v) is 6.80. The Morgan fingerprint density at radius 2 is 2.17 bits per heavy atom. The Hall–Kier alpha value is -1.58. The van der Waals surface area contributed by atoms with Gasteiger partial charge in [0.1, 0.15) is 5.69 Å². The van der Waals surface area contributed by atoms with Crippen LogP contribution in [0.2, 0.25) is 0 Å². The largest absolute Gasteiger partial charge is 0.382 e. The van der Waals surface area contributed by atoms with Gasteiger partial charge in [-0.1, -0.05) is 19.3 Å². The molecule has 1 heterocycles. The molecule has 0 aliphatic heterocycles. The smallest absolute Gasteiger partial charge is 0.269 e. The van der Waals surface area contributed by atoms with Gasteiger partial charge in [-0.05, 0) is 31.9 Å². The number of carbonyl (C=O) groups excluding carboxylic acids is 1. The average Bonchev–Trinajstić information content (AvgIpc) is 2.40. The van der Waals surface area contributed by atoms with Crippen molar-refractivity contribution in [3.63, 3.8) is 0 Å². The standard InChI is InChI=1S/C14H21N3O/c1-2-15-14(18)13-10-12(8-9-16-13)17-11-6-4-3-5-7-11/h8-11H,2-7H2,1H3,(H,15,18)(H,16,17). The van der Waals surface area contributed by atoms with E-state index in [0.29, 0.717) is 18.3 Å². The van der Waals surface area contributed by atoms with Gasteiger partial charge in [0.2, 0.25) is 0 Å². The van der Waals surface area contributed by atoms with Crippen LogP contribution in [0.4, 0.5) is 5.69 Å². The first-order valence-electron chi connectivity index (χ1n) is 6.80. The summed E-state index contributed by atoms with van der Waals surface area (Å²) in [5.74, 6) is -0.107. The maximum absolute atomic E-state index is 11.7. The third kappa shape index (κ3) is 3.45. The Bertz CT molecular complexity index is 400. The van der Waals surface area contributed by atoms with E-state index < -0.39 is 0 Å². The summed E-state index contributed by atoms with van der Waals surface area (Å²) >= 11 is 0. The molecule has 4 nitrogen and oxygen atoms in total. The van der Waals surface area contributed by atoms with E-state index in [-0.39, 0.29) is 5.91 Å². The fourth-order valence-corrected chi connectivity index (χ4v) is 2.38. The number of nitrogens with zero attached hydrogens (tertiary/aromatic N) is 1. The Kier molecular flexibility index (Phi) is 4.56. The van der Waals surface area contributed by atoms with Crippen LogP contribution < -0.4 is 10.6 Å². The highest BCUT2D eigenvalue weighted by Crippen LogP contribution is 2.21. The number of nitrogens with one attached hydrogen (secondary N) is 2. The number of rotatable bonds is 4. The van der Waals surface area contributed by atoms with Crippen LogP contribution in [0.3, 0.4) is 0 Å². The number of pyridine rings is 1. The van der Waals surface area contributed by atoms with E-state index in [2.05, 4.69) is 15.6 Å². The maximum Gasteiger partial charge on any atom is 0.269 e. The van der Waals surface area contributed by atoms with Crippen LogP contribution in [-0.4, -0.2) is 23.5 Å². The summed E-state index contributed by atoms with van der Waals surface area (Å²) in [5.41, 5.74) is 1.48. The minimum absolute atomic E-state index is 0.107. The van der Waals surface area contributed by atoms with Gasteiger partial charge in [-0.15, -0.1) is 0 Å². The van der Waals surface area contributed by atoms with Crippen molar-refractivity contribution in [3.8, 4) is 0 Å². The number of hydrogen-bond donors (Lipinski definition) is 2. The highest BCUT2D eigenvalue weighted by atomic mass is 16.1. The summed E-state index contributed by atoms with van der Waals surface area (Å²) in [7, 11) is 0. The molecule has 0 unspecified atom stereocenters. The summed E-state index contributed by atoms with van der Waals surface area (Å²) in [6.07, 6.45) is 8.07. The average molecular weight is 247 g/mol. The number of hydrogen-bond acceptors (Lipinski definition) is 3. The predicted octanol–water partition coefficient (Wildman–Crippen LogP) is 2.58. The highest BCUT2D eigenvalue weighted by Gasteiger charge is 2.13. The number of aromatic nitrogens is 1. The molecule has 18 heavy (non-hydrogen) atoms. The van der Waals surface area contributed by atoms with Crippen molar-refractivity contribution in [1.82, 2.24) is 10.3 Å². The first kappa shape index (κ1) is 12.9. The van der Waals surface area contributed by atoms with Gasteiger partial charge in [0.25, 0.3) is 5.91 Å². The van der Waals surface area contributed by atoms with Crippen molar-refractivity contribution in [3.05, 3.63) is 24.0 Å². The van der Waals surface area contributed by atoms with Crippen LogP contribution in [-0.2, 0) is 0 Å². The van der Waals surface area contributed by atoms with E-state index >= 15 is 0 Å². The van der Waals surface area contributed by atoms with E-state index in [1.54, 1.807) is 6.20 Å². The summed E-state index contributed by atoms with van der Waals surface area (Å²) in [5, 5.41) is 6.26. The van der Waals surface area contributed by atoms with E-state index in [1.807, 2.05) is 19.1 Å². The van der Waals surface area contributed by atoms with Crippen LogP contribution in [0.5, 0.6) is 0 Å². The Morgan fingerprint density at radius 3 is 2.89 bits per heavy atom. The normalized spacial score (nSPS) is 16.3. The van der Waals surface area contributed by atoms with Gasteiger partial charge in [-0.2, -0.15) is 0 Å². The SMILES string of the molecule is CCNC(=O)c1cc(NC2CCCCC2)ccn1. The lowest BCUT2D eigenvalue weighted by Gasteiger charge is -2.23. The Balaban J connectivity index is 2.00. The second kappa shape index (κ2) is 6.38. The quantitative estimate of drug-likeness (QED) is 0.859. The molecular weight excluding hydrogens is 226 g/mol. The Morgan fingerprint density at radius 1 is 1.39 bits per heavy atom. The van der Waals surface area contributed by atoms with Gasteiger partial charge in [-0.25, -0.2) is 0 Å². The van der Waals surface area contributed by atoms with E-state index in [9.17, 15) is 4.79 Å². The van der Waals surface area contributed by atoms with Gasteiger partial charge < -0.3 is 10.6 Å². The van der Waals surface area contributed by atoms with E-state index in [1.165, 1.54) is 32.1 Å². The van der Waals surface area contributed by atoms with Crippen molar-refractivity contribution in [2.24, 2.45) is 0 Å². The molecule has 0 spiro atoms. The molecule has 2 rings (SSSR count).